The van der Waals surface area contributed by atoms with Crippen molar-refractivity contribution in [2.45, 2.75) is 39.2 Å². The molecule has 0 saturated carbocycles. The lowest BCUT2D eigenvalue weighted by molar-refractivity contribution is -0.130. The normalized spacial score (nSPS) is 10.4. The number of aryl methyl sites for hydroxylation is 1. The molecule has 0 bridgehead atoms. The predicted octanol–water partition coefficient (Wildman–Crippen LogP) is 3.62. The zero-order chi connectivity index (χ0) is 13.4. The van der Waals surface area contributed by atoms with E-state index in [4.69, 9.17) is 11.6 Å². The van der Waals surface area contributed by atoms with Gasteiger partial charge in [-0.3, -0.25) is 4.79 Å². The molecule has 0 aliphatic heterocycles. The zero-order valence-electron chi connectivity index (χ0n) is 11.3. The summed E-state index contributed by atoms with van der Waals surface area (Å²) < 4.78 is 0. The molecule has 1 amide bonds. The van der Waals surface area contributed by atoms with E-state index >= 15 is 0 Å². The number of benzene rings is 1. The van der Waals surface area contributed by atoms with Crippen LogP contribution in [0.15, 0.2) is 24.3 Å². The Kier molecular flexibility index (Phi) is 6.81. The minimum absolute atomic E-state index is 0.194. The minimum atomic E-state index is 0.194. The van der Waals surface area contributed by atoms with Crippen LogP contribution in [-0.2, 0) is 17.8 Å². The average Bonchev–Trinajstić information content (AvgIpc) is 2.39. The molecule has 3 heteroatoms. The molecular weight excluding hydrogens is 246 g/mol. The van der Waals surface area contributed by atoms with Gasteiger partial charge in [-0.15, -0.1) is 11.6 Å². The average molecular weight is 268 g/mol. The summed E-state index contributed by atoms with van der Waals surface area (Å²) in [5, 5.41) is 0. The summed E-state index contributed by atoms with van der Waals surface area (Å²) in [6, 6.07) is 8.45. The van der Waals surface area contributed by atoms with Crippen LogP contribution in [0.25, 0.3) is 0 Å². The summed E-state index contributed by atoms with van der Waals surface area (Å²) in [6.07, 6.45) is 3.43. The van der Waals surface area contributed by atoms with E-state index in [0.717, 1.165) is 19.3 Å². The fourth-order valence-corrected chi connectivity index (χ4v) is 1.99. The Morgan fingerprint density at radius 3 is 2.33 bits per heavy atom. The van der Waals surface area contributed by atoms with Gasteiger partial charge >= 0.3 is 0 Å². The number of alkyl halides is 1. The Hall–Kier alpha value is -1.02. The van der Waals surface area contributed by atoms with Gasteiger partial charge in [-0.1, -0.05) is 31.2 Å². The lowest BCUT2D eigenvalue weighted by Crippen LogP contribution is -2.25. The van der Waals surface area contributed by atoms with E-state index in [1.165, 1.54) is 11.1 Å². The van der Waals surface area contributed by atoms with E-state index in [1.54, 1.807) is 4.90 Å². The van der Waals surface area contributed by atoms with Crippen molar-refractivity contribution in [1.82, 2.24) is 4.90 Å². The number of hydrogen-bond acceptors (Lipinski definition) is 1. The number of amides is 1. The standard InChI is InChI=1S/C15H22ClNO/c1-3-13-7-9-14(10-8-13)12-17(2)15(18)6-4-5-11-16/h7-10H,3-6,11-12H2,1-2H3. The van der Waals surface area contributed by atoms with Crippen molar-refractivity contribution in [2.75, 3.05) is 12.9 Å². The molecule has 100 valence electrons. The molecule has 0 unspecified atom stereocenters. The molecule has 0 atom stereocenters. The first-order chi connectivity index (χ1) is 8.67. The maximum absolute atomic E-state index is 11.8. The van der Waals surface area contributed by atoms with Gasteiger partial charge in [0.1, 0.15) is 0 Å². The molecule has 0 spiro atoms. The maximum Gasteiger partial charge on any atom is 0.222 e. The SMILES string of the molecule is CCc1ccc(CN(C)C(=O)CCCCCl)cc1. The van der Waals surface area contributed by atoms with Crippen LogP contribution in [0.4, 0.5) is 0 Å². The third-order valence-electron chi connectivity index (χ3n) is 3.05. The Morgan fingerprint density at radius 1 is 1.17 bits per heavy atom. The van der Waals surface area contributed by atoms with Gasteiger partial charge in [-0.25, -0.2) is 0 Å². The Morgan fingerprint density at radius 2 is 1.78 bits per heavy atom. The van der Waals surface area contributed by atoms with Gasteiger partial charge in [-0.05, 0) is 30.4 Å². The molecule has 2 nitrogen and oxygen atoms in total. The molecule has 0 fully saturated rings. The van der Waals surface area contributed by atoms with Gasteiger partial charge in [0.05, 0.1) is 0 Å². The van der Waals surface area contributed by atoms with Crippen molar-refractivity contribution >= 4 is 17.5 Å². The second-order valence-corrected chi connectivity index (χ2v) is 4.94. The first-order valence-electron chi connectivity index (χ1n) is 6.55. The molecule has 1 aromatic rings. The van der Waals surface area contributed by atoms with Crippen LogP contribution in [0.3, 0.4) is 0 Å². The van der Waals surface area contributed by atoms with Crippen LogP contribution >= 0.6 is 11.6 Å². The van der Waals surface area contributed by atoms with E-state index in [9.17, 15) is 4.79 Å². The second kappa shape index (κ2) is 8.15. The number of carbonyl (C=O) groups is 1. The van der Waals surface area contributed by atoms with Crippen LogP contribution in [0.5, 0.6) is 0 Å². The molecule has 0 N–H and O–H groups in total. The van der Waals surface area contributed by atoms with Crippen molar-refractivity contribution in [2.24, 2.45) is 0 Å². The quantitative estimate of drug-likeness (QED) is 0.546. The fraction of sp³-hybridized carbons (Fsp3) is 0.533. The van der Waals surface area contributed by atoms with E-state index in [-0.39, 0.29) is 5.91 Å². The summed E-state index contributed by atoms with van der Waals surface area (Å²) in [4.78, 5) is 13.6. The topological polar surface area (TPSA) is 20.3 Å². The fourth-order valence-electron chi connectivity index (χ4n) is 1.80. The Labute approximate surface area is 115 Å². The molecule has 1 rings (SSSR count). The maximum atomic E-state index is 11.8. The smallest absolute Gasteiger partial charge is 0.222 e. The zero-order valence-corrected chi connectivity index (χ0v) is 12.0. The van der Waals surface area contributed by atoms with Crippen molar-refractivity contribution in [3.8, 4) is 0 Å². The summed E-state index contributed by atoms with van der Waals surface area (Å²) >= 11 is 5.60. The van der Waals surface area contributed by atoms with Gasteiger partial charge in [0, 0.05) is 25.9 Å². The molecule has 0 heterocycles. The number of hydrogen-bond donors (Lipinski definition) is 0. The van der Waals surface area contributed by atoms with Crippen molar-refractivity contribution < 1.29 is 4.79 Å². The summed E-state index contributed by atoms with van der Waals surface area (Å²) in [5.41, 5.74) is 2.51. The highest BCUT2D eigenvalue weighted by atomic mass is 35.5. The van der Waals surface area contributed by atoms with E-state index < -0.39 is 0 Å². The molecule has 18 heavy (non-hydrogen) atoms. The van der Waals surface area contributed by atoms with Crippen LogP contribution in [0.1, 0.15) is 37.3 Å². The number of unbranched alkanes of at least 4 members (excludes halogenated alkanes) is 1. The monoisotopic (exact) mass is 267 g/mol. The highest BCUT2D eigenvalue weighted by Gasteiger charge is 2.08. The molecule has 0 aliphatic carbocycles. The van der Waals surface area contributed by atoms with Crippen LogP contribution < -0.4 is 0 Å². The largest absolute Gasteiger partial charge is 0.341 e. The summed E-state index contributed by atoms with van der Waals surface area (Å²) in [5.74, 6) is 0.829. The second-order valence-electron chi connectivity index (χ2n) is 4.57. The molecule has 1 aromatic carbocycles. The first-order valence-corrected chi connectivity index (χ1v) is 7.08. The number of halogens is 1. The Bertz CT molecular complexity index is 361. The molecule has 0 radical (unpaired) electrons. The van der Waals surface area contributed by atoms with E-state index in [2.05, 4.69) is 31.2 Å². The van der Waals surface area contributed by atoms with Crippen LogP contribution in [0.2, 0.25) is 0 Å². The van der Waals surface area contributed by atoms with Gasteiger partial charge in [0.25, 0.3) is 0 Å². The third-order valence-corrected chi connectivity index (χ3v) is 3.32. The number of rotatable bonds is 7. The molecule has 0 aliphatic rings. The molecule has 0 saturated heterocycles. The summed E-state index contributed by atoms with van der Waals surface area (Å²) in [7, 11) is 1.86. The van der Waals surface area contributed by atoms with Crippen LogP contribution in [0, 0.1) is 0 Å². The van der Waals surface area contributed by atoms with Gasteiger partial charge in [-0.2, -0.15) is 0 Å². The summed E-state index contributed by atoms with van der Waals surface area (Å²) in [6.45, 7) is 2.82. The molecular formula is C15H22ClNO. The van der Waals surface area contributed by atoms with E-state index in [0.29, 0.717) is 18.8 Å². The predicted molar refractivity (Wildman–Crippen MR) is 76.9 cm³/mol. The lowest BCUT2D eigenvalue weighted by Gasteiger charge is -2.17. The van der Waals surface area contributed by atoms with Crippen molar-refractivity contribution in [1.29, 1.82) is 0 Å². The minimum Gasteiger partial charge on any atom is -0.341 e. The van der Waals surface area contributed by atoms with Gasteiger partial charge in [0.15, 0.2) is 0 Å². The number of carbonyl (C=O) groups excluding carboxylic acids is 1. The van der Waals surface area contributed by atoms with Crippen molar-refractivity contribution in [3.05, 3.63) is 35.4 Å². The highest BCUT2D eigenvalue weighted by molar-refractivity contribution is 6.17. The van der Waals surface area contributed by atoms with E-state index in [1.807, 2.05) is 7.05 Å². The van der Waals surface area contributed by atoms with Gasteiger partial charge in [0.2, 0.25) is 5.91 Å². The highest BCUT2D eigenvalue weighted by Crippen LogP contribution is 2.09. The first kappa shape index (κ1) is 15.0. The Balaban J connectivity index is 2.42. The van der Waals surface area contributed by atoms with Gasteiger partial charge < -0.3 is 4.90 Å². The molecule has 0 aromatic heterocycles. The van der Waals surface area contributed by atoms with Crippen LogP contribution in [-0.4, -0.2) is 23.7 Å². The van der Waals surface area contributed by atoms with Crippen molar-refractivity contribution in [3.63, 3.8) is 0 Å². The lowest BCUT2D eigenvalue weighted by atomic mass is 10.1. The third kappa shape index (κ3) is 5.09. The number of nitrogens with zero attached hydrogens (tertiary/aromatic N) is 1.